The molecule has 1 amide bonds. The van der Waals surface area contributed by atoms with Gasteiger partial charge in [0.05, 0.1) is 11.3 Å². The van der Waals surface area contributed by atoms with E-state index in [1.54, 1.807) is 53.7 Å². The summed E-state index contributed by atoms with van der Waals surface area (Å²) >= 11 is 0. The minimum Gasteiger partial charge on any atom is -0.371 e. The Kier molecular flexibility index (Phi) is 8.64. The zero-order chi connectivity index (χ0) is 26.1. The van der Waals surface area contributed by atoms with E-state index in [9.17, 15) is 18.0 Å². The SMILES string of the molecule is O=C(CCNC(=O)c1ccc(N2CCC(Nc3ncccn3)CC2)cc1)ONS(=O)(=O)c1ccccc1. The number of sulfonamides is 1. The molecule has 0 unspecified atom stereocenters. The van der Waals surface area contributed by atoms with Crippen LogP contribution < -0.4 is 20.4 Å². The maximum atomic E-state index is 12.4. The van der Waals surface area contributed by atoms with Crippen molar-refractivity contribution in [2.45, 2.75) is 30.2 Å². The van der Waals surface area contributed by atoms with Crippen molar-refractivity contribution in [2.75, 3.05) is 29.9 Å². The van der Waals surface area contributed by atoms with Crippen LogP contribution in [0.4, 0.5) is 11.6 Å². The van der Waals surface area contributed by atoms with Crippen molar-refractivity contribution >= 4 is 33.5 Å². The molecule has 2 heterocycles. The standard InChI is InChI=1S/C25H28N6O5S/c32-23(36-30-37(34,35)22-5-2-1-3-6-22)11-16-26-24(33)19-7-9-21(10-8-19)31-17-12-20(13-18-31)29-25-27-14-4-15-28-25/h1-10,14-15,20,30H,11-13,16-18H2,(H,26,33)(H,27,28,29). The predicted molar refractivity (Wildman–Crippen MR) is 137 cm³/mol. The summed E-state index contributed by atoms with van der Waals surface area (Å²) in [5.41, 5.74) is 1.49. The molecule has 0 saturated carbocycles. The van der Waals surface area contributed by atoms with E-state index in [1.165, 1.54) is 12.1 Å². The van der Waals surface area contributed by atoms with Gasteiger partial charge in [-0.05, 0) is 60.2 Å². The van der Waals surface area contributed by atoms with Crippen molar-refractivity contribution in [3.05, 3.63) is 78.6 Å². The summed E-state index contributed by atoms with van der Waals surface area (Å²) < 4.78 is 24.1. The zero-order valence-electron chi connectivity index (χ0n) is 20.0. The lowest BCUT2D eigenvalue weighted by molar-refractivity contribution is -0.146. The molecule has 0 spiro atoms. The van der Waals surface area contributed by atoms with Gasteiger partial charge in [0.2, 0.25) is 5.95 Å². The minimum absolute atomic E-state index is 0.00186. The molecule has 2 aromatic carbocycles. The summed E-state index contributed by atoms with van der Waals surface area (Å²) in [6.07, 6.45) is 5.12. The smallest absolute Gasteiger partial charge is 0.327 e. The highest BCUT2D eigenvalue weighted by Crippen LogP contribution is 2.22. The minimum atomic E-state index is -3.96. The van der Waals surface area contributed by atoms with Crippen molar-refractivity contribution in [3.8, 4) is 0 Å². The molecule has 1 aliphatic rings. The Balaban J connectivity index is 1.17. The van der Waals surface area contributed by atoms with Crippen molar-refractivity contribution in [2.24, 2.45) is 0 Å². The first-order valence-corrected chi connectivity index (χ1v) is 13.3. The largest absolute Gasteiger partial charge is 0.371 e. The Bertz CT molecular complexity index is 1280. The van der Waals surface area contributed by atoms with E-state index in [1.807, 2.05) is 12.1 Å². The third-order valence-electron chi connectivity index (χ3n) is 5.82. The number of rotatable bonds is 10. The number of amides is 1. The monoisotopic (exact) mass is 524 g/mol. The Morgan fingerprint density at radius 1 is 0.946 bits per heavy atom. The molecule has 3 aromatic rings. The maximum absolute atomic E-state index is 12.4. The van der Waals surface area contributed by atoms with Crippen LogP contribution in [-0.4, -0.2) is 55.9 Å². The first-order chi connectivity index (χ1) is 17.9. The Labute approximate surface area is 215 Å². The number of piperidine rings is 1. The van der Waals surface area contributed by atoms with Gasteiger partial charge in [-0.1, -0.05) is 18.2 Å². The van der Waals surface area contributed by atoms with Gasteiger partial charge in [-0.3, -0.25) is 9.59 Å². The molecule has 12 heteroatoms. The fourth-order valence-corrected chi connectivity index (χ4v) is 4.66. The average molecular weight is 525 g/mol. The normalized spacial score (nSPS) is 14.1. The summed E-state index contributed by atoms with van der Waals surface area (Å²) in [7, 11) is -3.96. The van der Waals surface area contributed by atoms with Gasteiger partial charge < -0.3 is 20.4 Å². The molecule has 194 valence electrons. The molecule has 11 nitrogen and oxygen atoms in total. The van der Waals surface area contributed by atoms with Gasteiger partial charge in [0.15, 0.2) is 0 Å². The molecule has 1 saturated heterocycles. The molecule has 0 aliphatic carbocycles. The summed E-state index contributed by atoms with van der Waals surface area (Å²) in [5.74, 6) is -0.514. The molecular weight excluding hydrogens is 496 g/mol. The number of benzene rings is 2. The van der Waals surface area contributed by atoms with Crippen LogP contribution in [0.2, 0.25) is 0 Å². The molecule has 1 aromatic heterocycles. The highest BCUT2D eigenvalue weighted by molar-refractivity contribution is 7.89. The molecule has 3 N–H and O–H groups in total. The molecule has 4 rings (SSSR count). The summed E-state index contributed by atoms with van der Waals surface area (Å²) in [5, 5.41) is 5.99. The molecule has 0 radical (unpaired) electrons. The third-order valence-corrected chi connectivity index (χ3v) is 7.02. The molecule has 0 bridgehead atoms. The number of nitrogens with zero attached hydrogens (tertiary/aromatic N) is 3. The number of hydrogen-bond donors (Lipinski definition) is 3. The topological polar surface area (TPSA) is 143 Å². The average Bonchev–Trinajstić information content (AvgIpc) is 2.93. The second kappa shape index (κ2) is 12.3. The number of hydrogen-bond acceptors (Lipinski definition) is 9. The van der Waals surface area contributed by atoms with Crippen LogP contribution in [-0.2, 0) is 19.7 Å². The second-order valence-corrected chi connectivity index (χ2v) is 10.0. The van der Waals surface area contributed by atoms with E-state index in [2.05, 4.69) is 30.3 Å². The van der Waals surface area contributed by atoms with Crippen LogP contribution in [0.25, 0.3) is 0 Å². The van der Waals surface area contributed by atoms with Crippen LogP contribution >= 0.6 is 0 Å². The fourth-order valence-electron chi connectivity index (χ4n) is 3.84. The highest BCUT2D eigenvalue weighted by atomic mass is 32.2. The summed E-state index contributed by atoms with van der Waals surface area (Å²) in [6.45, 7) is 1.73. The Hall–Kier alpha value is -4.03. The Morgan fingerprint density at radius 3 is 2.30 bits per heavy atom. The van der Waals surface area contributed by atoms with Crippen LogP contribution in [0, 0.1) is 0 Å². The quantitative estimate of drug-likeness (QED) is 0.340. The van der Waals surface area contributed by atoms with Gasteiger partial charge >= 0.3 is 5.97 Å². The number of carbonyl (C=O) groups is 2. The summed E-state index contributed by atoms with van der Waals surface area (Å²) in [4.78, 5) is 41.4. The van der Waals surface area contributed by atoms with E-state index in [-0.39, 0.29) is 23.8 Å². The van der Waals surface area contributed by atoms with Crippen LogP contribution in [0.15, 0.2) is 78.0 Å². The predicted octanol–water partition coefficient (Wildman–Crippen LogP) is 2.11. The van der Waals surface area contributed by atoms with Gasteiger partial charge in [-0.15, -0.1) is 0 Å². The maximum Gasteiger partial charge on any atom is 0.327 e. The fraction of sp³-hybridized carbons (Fsp3) is 0.280. The van der Waals surface area contributed by atoms with E-state index >= 15 is 0 Å². The summed E-state index contributed by atoms with van der Waals surface area (Å²) in [6, 6.07) is 16.9. The van der Waals surface area contributed by atoms with Gasteiger partial charge in [-0.2, -0.15) is 0 Å². The lowest BCUT2D eigenvalue weighted by Crippen LogP contribution is -2.39. The van der Waals surface area contributed by atoms with Crippen LogP contribution in [0.1, 0.15) is 29.6 Å². The number of nitrogens with one attached hydrogen (secondary N) is 3. The lowest BCUT2D eigenvalue weighted by Gasteiger charge is -2.34. The van der Waals surface area contributed by atoms with E-state index in [0.29, 0.717) is 17.6 Å². The molecular formula is C25H28N6O5S. The second-order valence-electron chi connectivity index (χ2n) is 8.40. The zero-order valence-corrected chi connectivity index (χ0v) is 20.9. The first-order valence-electron chi connectivity index (χ1n) is 11.8. The van der Waals surface area contributed by atoms with Crippen molar-refractivity contribution in [1.29, 1.82) is 0 Å². The molecule has 0 atom stereocenters. The van der Waals surface area contributed by atoms with Gasteiger partial charge in [0.25, 0.3) is 15.9 Å². The van der Waals surface area contributed by atoms with Crippen molar-refractivity contribution in [1.82, 2.24) is 20.2 Å². The van der Waals surface area contributed by atoms with E-state index in [0.717, 1.165) is 31.6 Å². The van der Waals surface area contributed by atoms with Crippen molar-refractivity contribution in [3.63, 3.8) is 0 Å². The van der Waals surface area contributed by atoms with Crippen LogP contribution in [0.5, 0.6) is 0 Å². The van der Waals surface area contributed by atoms with Gasteiger partial charge in [0, 0.05) is 49.3 Å². The van der Waals surface area contributed by atoms with Crippen molar-refractivity contribution < 1.29 is 22.8 Å². The highest BCUT2D eigenvalue weighted by Gasteiger charge is 2.20. The molecule has 1 fully saturated rings. The number of anilines is 2. The molecule has 1 aliphatic heterocycles. The third kappa shape index (κ3) is 7.48. The Morgan fingerprint density at radius 2 is 1.62 bits per heavy atom. The molecule has 37 heavy (non-hydrogen) atoms. The lowest BCUT2D eigenvalue weighted by atomic mass is 10.0. The van der Waals surface area contributed by atoms with E-state index in [4.69, 9.17) is 0 Å². The van der Waals surface area contributed by atoms with Gasteiger partial charge in [-0.25, -0.2) is 18.4 Å². The number of carbonyl (C=O) groups excluding carboxylic acids is 2. The first kappa shape index (κ1) is 26.0. The van der Waals surface area contributed by atoms with E-state index < -0.39 is 16.0 Å². The van der Waals surface area contributed by atoms with Crippen LogP contribution in [0.3, 0.4) is 0 Å². The van der Waals surface area contributed by atoms with Gasteiger partial charge in [0.1, 0.15) is 0 Å². The number of aromatic nitrogens is 2.